The number of hydrogen-bond acceptors (Lipinski definition) is 6. The van der Waals surface area contributed by atoms with Crippen molar-refractivity contribution in [2.75, 3.05) is 18.6 Å². The monoisotopic (exact) mass is 379 g/mol. The fourth-order valence-electron chi connectivity index (χ4n) is 2.77. The lowest BCUT2D eigenvalue weighted by Crippen LogP contribution is -2.06. The van der Waals surface area contributed by atoms with Crippen LogP contribution in [-0.4, -0.2) is 33.2 Å². The third kappa shape index (κ3) is 3.68. The van der Waals surface area contributed by atoms with Gasteiger partial charge in [-0.25, -0.2) is 9.50 Å². The predicted octanol–water partition coefficient (Wildman–Crippen LogP) is 3.82. The lowest BCUT2D eigenvalue weighted by molar-refractivity contribution is 0.301. The summed E-state index contributed by atoms with van der Waals surface area (Å²) in [5.74, 6) is 2.05. The number of nitriles is 1. The van der Waals surface area contributed by atoms with E-state index in [-0.39, 0.29) is 10.7 Å². The van der Waals surface area contributed by atoms with E-state index < -0.39 is 0 Å². The van der Waals surface area contributed by atoms with Crippen molar-refractivity contribution in [2.45, 2.75) is 6.42 Å². The maximum atomic E-state index is 8.55. The first kappa shape index (κ1) is 17.2. The zero-order valence-electron chi connectivity index (χ0n) is 14.7. The highest BCUT2D eigenvalue weighted by atomic mass is 32.2. The molecule has 0 spiro atoms. The van der Waals surface area contributed by atoms with Gasteiger partial charge in [-0.15, -0.1) is 5.10 Å². The average Bonchev–Trinajstić information content (AvgIpc) is 3.28. The fraction of sp³-hybridized carbons (Fsp3) is 0.211. The Bertz CT molecular complexity index is 1140. The molecule has 0 amide bonds. The molecule has 0 saturated heterocycles. The number of aromatic nitrogens is 3. The fourth-order valence-corrected chi connectivity index (χ4v) is 3.54. The molecule has 4 rings (SSSR count). The Hall–Kier alpha value is -3.18. The SMILES string of the molecule is CS(CCCOc1ccc2ncc(-c3cc4ccccc4o3)n2n1)=NC#N. The van der Waals surface area contributed by atoms with Crippen molar-refractivity contribution in [2.24, 2.45) is 4.36 Å². The van der Waals surface area contributed by atoms with Crippen molar-refractivity contribution < 1.29 is 9.15 Å². The molecule has 0 N–H and O–H groups in total. The largest absolute Gasteiger partial charge is 0.477 e. The van der Waals surface area contributed by atoms with Crippen LogP contribution < -0.4 is 4.74 Å². The molecular formula is C19H17N5O2S. The zero-order valence-corrected chi connectivity index (χ0v) is 15.5. The molecule has 0 saturated carbocycles. The predicted molar refractivity (Wildman–Crippen MR) is 105 cm³/mol. The van der Waals surface area contributed by atoms with Crippen LogP contribution in [-0.2, 0) is 10.7 Å². The number of hydrogen-bond donors (Lipinski definition) is 0. The molecule has 0 aliphatic rings. The summed E-state index contributed by atoms with van der Waals surface area (Å²) >= 11 is 0. The number of ether oxygens (including phenoxy) is 1. The van der Waals surface area contributed by atoms with E-state index in [0.717, 1.165) is 34.5 Å². The van der Waals surface area contributed by atoms with Crippen LogP contribution in [0.1, 0.15) is 6.42 Å². The zero-order chi connectivity index (χ0) is 18.6. The molecule has 0 aliphatic heterocycles. The van der Waals surface area contributed by atoms with E-state index in [9.17, 15) is 0 Å². The van der Waals surface area contributed by atoms with Crippen molar-refractivity contribution in [1.29, 1.82) is 5.26 Å². The minimum atomic E-state index is -0.244. The standard InChI is InChI=1S/C19H17N5O2S/c1-27(22-13-20)10-4-9-25-19-8-7-18-21-12-15(24(18)23-19)17-11-14-5-2-3-6-16(14)26-17/h2-3,5-8,11-12H,4,9-10H2,1H3. The second kappa shape index (κ2) is 7.60. The van der Waals surface area contributed by atoms with Gasteiger partial charge in [0.25, 0.3) is 0 Å². The quantitative estimate of drug-likeness (QED) is 0.375. The van der Waals surface area contributed by atoms with E-state index in [4.69, 9.17) is 14.4 Å². The Kier molecular flexibility index (Phi) is 4.85. The molecule has 7 nitrogen and oxygen atoms in total. The van der Waals surface area contributed by atoms with Crippen LogP contribution >= 0.6 is 0 Å². The van der Waals surface area contributed by atoms with Gasteiger partial charge in [0.2, 0.25) is 12.1 Å². The normalized spacial score (nSPS) is 12.4. The first-order chi connectivity index (χ1) is 13.2. The summed E-state index contributed by atoms with van der Waals surface area (Å²) in [4.78, 5) is 4.39. The highest BCUT2D eigenvalue weighted by molar-refractivity contribution is 7.86. The molecule has 0 bridgehead atoms. The van der Waals surface area contributed by atoms with E-state index in [0.29, 0.717) is 18.2 Å². The van der Waals surface area contributed by atoms with Gasteiger partial charge in [0, 0.05) is 17.2 Å². The smallest absolute Gasteiger partial charge is 0.231 e. The van der Waals surface area contributed by atoms with Crippen LogP contribution in [0.25, 0.3) is 28.1 Å². The molecule has 8 heteroatoms. The lowest BCUT2D eigenvalue weighted by atomic mass is 10.2. The number of benzene rings is 1. The summed E-state index contributed by atoms with van der Waals surface area (Å²) in [6.07, 6.45) is 6.34. The van der Waals surface area contributed by atoms with Gasteiger partial charge in [-0.05, 0) is 30.9 Å². The molecule has 4 aromatic rings. The van der Waals surface area contributed by atoms with Crippen molar-refractivity contribution in [3.8, 4) is 23.5 Å². The van der Waals surface area contributed by atoms with Crippen molar-refractivity contribution in [3.05, 3.63) is 48.7 Å². The lowest BCUT2D eigenvalue weighted by Gasteiger charge is -2.06. The van der Waals surface area contributed by atoms with Gasteiger partial charge >= 0.3 is 0 Å². The van der Waals surface area contributed by atoms with Gasteiger partial charge < -0.3 is 9.15 Å². The molecule has 1 unspecified atom stereocenters. The molecule has 3 aromatic heterocycles. The van der Waals surface area contributed by atoms with Gasteiger partial charge in [-0.2, -0.15) is 9.62 Å². The van der Waals surface area contributed by atoms with E-state index >= 15 is 0 Å². The third-order valence-electron chi connectivity index (χ3n) is 4.05. The van der Waals surface area contributed by atoms with E-state index in [1.807, 2.05) is 48.8 Å². The number of imidazole rings is 1. The molecule has 0 aliphatic carbocycles. The summed E-state index contributed by atoms with van der Waals surface area (Å²) in [6, 6.07) is 13.5. The number of fused-ring (bicyclic) bond motifs is 2. The highest BCUT2D eigenvalue weighted by Crippen LogP contribution is 2.28. The van der Waals surface area contributed by atoms with Crippen LogP contribution in [0, 0.1) is 11.5 Å². The van der Waals surface area contributed by atoms with E-state index in [2.05, 4.69) is 14.4 Å². The van der Waals surface area contributed by atoms with Crippen LogP contribution in [0.15, 0.2) is 57.4 Å². The first-order valence-corrected chi connectivity index (χ1v) is 10.2. The number of rotatable bonds is 6. The summed E-state index contributed by atoms with van der Waals surface area (Å²) < 4.78 is 17.2. The van der Waals surface area contributed by atoms with Crippen molar-refractivity contribution in [3.63, 3.8) is 0 Å². The van der Waals surface area contributed by atoms with Gasteiger partial charge in [-0.3, -0.25) is 0 Å². The van der Waals surface area contributed by atoms with Crippen molar-refractivity contribution >= 4 is 27.3 Å². The minimum Gasteiger partial charge on any atom is -0.477 e. The van der Waals surface area contributed by atoms with E-state index in [1.165, 1.54) is 0 Å². The third-order valence-corrected chi connectivity index (χ3v) is 5.32. The Morgan fingerprint density at radius 2 is 2.19 bits per heavy atom. The summed E-state index contributed by atoms with van der Waals surface area (Å²) in [7, 11) is -0.244. The summed E-state index contributed by atoms with van der Waals surface area (Å²) in [5, 5.41) is 14.1. The average molecular weight is 379 g/mol. The molecule has 1 atom stereocenters. The Morgan fingerprint density at radius 3 is 3.04 bits per heavy atom. The van der Waals surface area contributed by atoms with Gasteiger partial charge in [0.05, 0.1) is 12.8 Å². The number of para-hydroxylation sites is 1. The molecule has 1 aromatic carbocycles. The molecule has 136 valence electrons. The Balaban J connectivity index is 1.54. The molecule has 0 fully saturated rings. The Morgan fingerprint density at radius 1 is 1.30 bits per heavy atom. The molecule has 27 heavy (non-hydrogen) atoms. The Labute approximate surface area is 158 Å². The molecule has 3 heterocycles. The molecular weight excluding hydrogens is 362 g/mol. The van der Waals surface area contributed by atoms with Gasteiger partial charge in [0.1, 0.15) is 11.3 Å². The van der Waals surface area contributed by atoms with Crippen LogP contribution in [0.2, 0.25) is 0 Å². The summed E-state index contributed by atoms with van der Waals surface area (Å²) in [6.45, 7) is 0.519. The van der Waals surface area contributed by atoms with Crippen LogP contribution in [0.3, 0.4) is 0 Å². The number of furan rings is 1. The van der Waals surface area contributed by atoms with Crippen molar-refractivity contribution in [1.82, 2.24) is 14.6 Å². The maximum Gasteiger partial charge on any atom is 0.231 e. The van der Waals surface area contributed by atoms with Gasteiger partial charge in [0.15, 0.2) is 11.4 Å². The first-order valence-electron chi connectivity index (χ1n) is 8.43. The second-order valence-corrected chi connectivity index (χ2v) is 7.72. The molecule has 0 radical (unpaired) electrons. The van der Waals surface area contributed by atoms with E-state index in [1.54, 1.807) is 16.8 Å². The van der Waals surface area contributed by atoms with Crippen LogP contribution in [0.4, 0.5) is 0 Å². The second-order valence-electron chi connectivity index (χ2n) is 5.93. The highest BCUT2D eigenvalue weighted by Gasteiger charge is 2.13. The number of nitrogens with zero attached hydrogens (tertiary/aromatic N) is 5. The van der Waals surface area contributed by atoms with Gasteiger partial charge in [-0.1, -0.05) is 28.9 Å². The van der Waals surface area contributed by atoms with Crippen LogP contribution in [0.5, 0.6) is 5.88 Å². The minimum absolute atomic E-state index is 0.244. The summed E-state index contributed by atoms with van der Waals surface area (Å²) in [5.41, 5.74) is 2.32. The topological polar surface area (TPSA) is 88.7 Å². The maximum absolute atomic E-state index is 8.55.